The minimum atomic E-state index is -0.0471. The second-order valence-electron chi connectivity index (χ2n) is 5.62. The zero-order valence-electron chi connectivity index (χ0n) is 13.9. The van der Waals surface area contributed by atoms with Crippen LogP contribution in [0.5, 0.6) is 0 Å². The first kappa shape index (κ1) is 19.7. The van der Waals surface area contributed by atoms with Crippen LogP contribution >= 0.6 is 24.0 Å². The highest BCUT2D eigenvalue weighted by Crippen LogP contribution is 2.28. The highest BCUT2D eigenvalue weighted by atomic mass is 127. The Bertz CT molecular complexity index is 529. The van der Waals surface area contributed by atoms with Gasteiger partial charge in [-0.05, 0) is 49.8 Å². The van der Waals surface area contributed by atoms with Crippen molar-refractivity contribution in [3.8, 4) is 0 Å². The summed E-state index contributed by atoms with van der Waals surface area (Å²) in [5.41, 5.74) is 1.85. The van der Waals surface area contributed by atoms with Gasteiger partial charge in [-0.25, -0.2) is 0 Å². The lowest BCUT2D eigenvalue weighted by Gasteiger charge is -2.11. The van der Waals surface area contributed by atoms with Crippen molar-refractivity contribution in [3.05, 3.63) is 35.4 Å². The number of benzene rings is 1. The molecule has 0 radical (unpaired) electrons. The Hall–Kier alpha value is -1.31. The normalized spacial score (nSPS) is 13.9. The van der Waals surface area contributed by atoms with Crippen molar-refractivity contribution in [2.45, 2.75) is 26.2 Å². The maximum atomic E-state index is 11.6. The summed E-state index contributed by atoms with van der Waals surface area (Å²) in [5, 5.41) is 9.27. The molecule has 0 saturated heterocycles. The summed E-state index contributed by atoms with van der Waals surface area (Å²) in [4.78, 5) is 16.2. The standard InChI is InChI=1S/C17H26N4O.HI/c1-3-19-17(21-12-14-7-8-14)20-10-9-13-5-4-6-15(11-13)16(22)18-2;/h4-6,11,14H,3,7-10,12H2,1-2H3,(H,18,22)(H2,19,20,21);1H. The molecule has 1 aromatic carbocycles. The molecule has 0 bridgehead atoms. The molecule has 0 unspecified atom stereocenters. The number of halogens is 1. The number of carbonyl (C=O) groups is 1. The number of guanidine groups is 1. The van der Waals surface area contributed by atoms with Crippen LogP contribution in [0.1, 0.15) is 35.7 Å². The molecule has 0 atom stereocenters. The van der Waals surface area contributed by atoms with Crippen LogP contribution in [0.4, 0.5) is 0 Å². The average Bonchev–Trinajstić information content (AvgIpc) is 3.36. The molecule has 23 heavy (non-hydrogen) atoms. The monoisotopic (exact) mass is 430 g/mol. The summed E-state index contributed by atoms with van der Waals surface area (Å²) in [6.45, 7) is 4.65. The predicted molar refractivity (Wildman–Crippen MR) is 106 cm³/mol. The molecular weight excluding hydrogens is 403 g/mol. The molecule has 0 spiro atoms. The van der Waals surface area contributed by atoms with Gasteiger partial charge in [-0.1, -0.05) is 12.1 Å². The van der Waals surface area contributed by atoms with Crippen molar-refractivity contribution in [1.29, 1.82) is 0 Å². The molecular formula is C17H27IN4O. The Kier molecular flexibility index (Phi) is 8.98. The molecule has 1 saturated carbocycles. The van der Waals surface area contributed by atoms with E-state index in [-0.39, 0.29) is 29.9 Å². The third-order valence-corrected chi connectivity index (χ3v) is 3.67. The molecule has 5 nitrogen and oxygen atoms in total. The molecule has 1 aliphatic carbocycles. The quantitative estimate of drug-likeness (QED) is 0.353. The lowest BCUT2D eigenvalue weighted by Crippen LogP contribution is -2.38. The van der Waals surface area contributed by atoms with Gasteiger partial charge in [-0.15, -0.1) is 24.0 Å². The van der Waals surface area contributed by atoms with Crippen LogP contribution in [-0.4, -0.2) is 38.5 Å². The van der Waals surface area contributed by atoms with Gasteiger partial charge in [0.1, 0.15) is 0 Å². The lowest BCUT2D eigenvalue weighted by molar-refractivity contribution is 0.0963. The minimum absolute atomic E-state index is 0. The van der Waals surface area contributed by atoms with Gasteiger partial charge in [0.2, 0.25) is 0 Å². The number of rotatable bonds is 7. The Morgan fingerprint density at radius 2 is 2.09 bits per heavy atom. The van der Waals surface area contributed by atoms with Crippen molar-refractivity contribution in [1.82, 2.24) is 16.0 Å². The predicted octanol–water partition coefficient (Wildman–Crippen LogP) is 2.17. The Balaban J connectivity index is 0.00000264. The molecule has 0 aliphatic heterocycles. The first-order valence-corrected chi connectivity index (χ1v) is 8.06. The van der Waals surface area contributed by atoms with E-state index in [2.05, 4.69) is 27.9 Å². The number of hydrogen-bond donors (Lipinski definition) is 3. The number of carbonyl (C=O) groups excluding carboxylic acids is 1. The van der Waals surface area contributed by atoms with Crippen molar-refractivity contribution in [3.63, 3.8) is 0 Å². The van der Waals surface area contributed by atoms with Crippen molar-refractivity contribution in [2.75, 3.05) is 26.7 Å². The van der Waals surface area contributed by atoms with Crippen molar-refractivity contribution in [2.24, 2.45) is 10.9 Å². The smallest absolute Gasteiger partial charge is 0.251 e. The van der Waals surface area contributed by atoms with Gasteiger partial charge >= 0.3 is 0 Å². The van der Waals surface area contributed by atoms with E-state index in [0.29, 0.717) is 5.56 Å². The van der Waals surface area contributed by atoms with E-state index in [1.165, 1.54) is 12.8 Å². The van der Waals surface area contributed by atoms with E-state index < -0.39 is 0 Å². The summed E-state index contributed by atoms with van der Waals surface area (Å²) in [5.74, 6) is 1.63. The maximum Gasteiger partial charge on any atom is 0.251 e. The fraction of sp³-hybridized carbons (Fsp3) is 0.529. The third-order valence-electron chi connectivity index (χ3n) is 3.67. The first-order chi connectivity index (χ1) is 10.7. The van der Waals surface area contributed by atoms with E-state index >= 15 is 0 Å². The van der Waals surface area contributed by atoms with E-state index in [4.69, 9.17) is 0 Å². The lowest BCUT2D eigenvalue weighted by atomic mass is 10.1. The van der Waals surface area contributed by atoms with Crippen LogP contribution in [0.3, 0.4) is 0 Å². The third kappa shape index (κ3) is 7.20. The van der Waals surface area contributed by atoms with Crippen molar-refractivity contribution >= 4 is 35.8 Å². The summed E-state index contributed by atoms with van der Waals surface area (Å²) < 4.78 is 0. The van der Waals surface area contributed by atoms with Crippen molar-refractivity contribution < 1.29 is 4.79 Å². The van der Waals surface area contributed by atoms with Gasteiger partial charge in [-0.2, -0.15) is 0 Å². The van der Waals surface area contributed by atoms with Crippen LogP contribution in [-0.2, 0) is 6.42 Å². The number of nitrogens with one attached hydrogen (secondary N) is 3. The topological polar surface area (TPSA) is 65.5 Å². The molecule has 0 heterocycles. The number of nitrogens with zero attached hydrogens (tertiary/aromatic N) is 1. The van der Waals surface area contributed by atoms with Gasteiger partial charge in [0.25, 0.3) is 5.91 Å². The Morgan fingerprint density at radius 3 is 2.74 bits per heavy atom. The maximum absolute atomic E-state index is 11.6. The molecule has 1 aliphatic rings. The van der Waals surface area contributed by atoms with Gasteiger partial charge < -0.3 is 16.0 Å². The van der Waals surface area contributed by atoms with E-state index in [1.54, 1.807) is 7.05 Å². The Labute approximate surface area is 155 Å². The SMILES string of the molecule is CCNC(=NCC1CC1)NCCc1cccc(C(=O)NC)c1.I. The van der Waals surface area contributed by atoms with Crippen LogP contribution in [0, 0.1) is 5.92 Å². The molecule has 3 N–H and O–H groups in total. The van der Waals surface area contributed by atoms with E-state index in [9.17, 15) is 4.79 Å². The highest BCUT2D eigenvalue weighted by Gasteiger charge is 2.20. The minimum Gasteiger partial charge on any atom is -0.357 e. The molecule has 1 aromatic rings. The van der Waals surface area contributed by atoms with Crippen LogP contribution in [0.25, 0.3) is 0 Å². The second kappa shape index (κ2) is 10.5. The molecule has 1 amide bonds. The van der Waals surface area contributed by atoms with E-state index in [0.717, 1.165) is 43.5 Å². The van der Waals surface area contributed by atoms with Crippen LogP contribution in [0.2, 0.25) is 0 Å². The van der Waals surface area contributed by atoms with Gasteiger partial charge in [0.05, 0.1) is 0 Å². The first-order valence-electron chi connectivity index (χ1n) is 8.06. The van der Waals surface area contributed by atoms with E-state index in [1.807, 2.05) is 24.3 Å². The summed E-state index contributed by atoms with van der Waals surface area (Å²) in [7, 11) is 1.65. The number of amides is 1. The zero-order chi connectivity index (χ0) is 15.8. The number of hydrogen-bond acceptors (Lipinski definition) is 2. The second-order valence-corrected chi connectivity index (χ2v) is 5.62. The Morgan fingerprint density at radius 1 is 1.30 bits per heavy atom. The fourth-order valence-corrected chi connectivity index (χ4v) is 2.20. The molecule has 1 fully saturated rings. The largest absolute Gasteiger partial charge is 0.357 e. The molecule has 0 aromatic heterocycles. The molecule has 2 rings (SSSR count). The zero-order valence-corrected chi connectivity index (χ0v) is 16.2. The van der Waals surface area contributed by atoms with Crippen LogP contribution < -0.4 is 16.0 Å². The van der Waals surface area contributed by atoms with Crippen LogP contribution in [0.15, 0.2) is 29.3 Å². The summed E-state index contributed by atoms with van der Waals surface area (Å²) in [6, 6.07) is 7.74. The van der Waals surface area contributed by atoms with Gasteiger partial charge in [0.15, 0.2) is 5.96 Å². The summed E-state index contributed by atoms with van der Waals surface area (Å²) >= 11 is 0. The molecule has 128 valence electrons. The van der Waals surface area contributed by atoms with Gasteiger partial charge in [0, 0.05) is 32.2 Å². The van der Waals surface area contributed by atoms with Gasteiger partial charge in [-0.3, -0.25) is 9.79 Å². The number of aliphatic imine (C=N–C) groups is 1. The fourth-order valence-electron chi connectivity index (χ4n) is 2.20. The average molecular weight is 430 g/mol. The highest BCUT2D eigenvalue weighted by molar-refractivity contribution is 14.0. The molecule has 6 heteroatoms. The summed E-state index contributed by atoms with van der Waals surface area (Å²) in [6.07, 6.45) is 3.49.